The number of hydrogen-bond donors (Lipinski definition) is 1. The molecule has 0 aromatic heterocycles. The molecule has 1 fully saturated rings. The summed E-state index contributed by atoms with van der Waals surface area (Å²) in [5, 5.41) is 9.28. The van der Waals surface area contributed by atoms with E-state index in [4.69, 9.17) is 4.74 Å². The third-order valence-corrected chi connectivity index (χ3v) is 4.17. The van der Waals surface area contributed by atoms with E-state index in [1.54, 1.807) is 12.1 Å². The van der Waals surface area contributed by atoms with Crippen molar-refractivity contribution in [2.45, 2.75) is 32.4 Å². The van der Waals surface area contributed by atoms with Gasteiger partial charge in [0.1, 0.15) is 5.82 Å². The molecule has 0 aliphatic carbocycles. The van der Waals surface area contributed by atoms with Crippen LogP contribution in [0.1, 0.15) is 19.4 Å². The molecule has 116 valence electrons. The van der Waals surface area contributed by atoms with Gasteiger partial charge in [0.15, 0.2) is 0 Å². The van der Waals surface area contributed by atoms with Crippen molar-refractivity contribution in [1.82, 2.24) is 4.90 Å². The maximum atomic E-state index is 12.9. The van der Waals surface area contributed by atoms with Gasteiger partial charge in [-0.05, 0) is 37.6 Å². The summed E-state index contributed by atoms with van der Waals surface area (Å²) in [6.45, 7) is 5.60. The Morgan fingerprint density at radius 2 is 2.10 bits per heavy atom. The molecule has 1 saturated heterocycles. The summed E-state index contributed by atoms with van der Waals surface area (Å²) in [6.07, 6.45) is 0.761. The first-order chi connectivity index (χ1) is 10.0. The van der Waals surface area contributed by atoms with Crippen molar-refractivity contribution in [3.8, 4) is 0 Å². The zero-order chi connectivity index (χ0) is 15.4. The zero-order valence-electron chi connectivity index (χ0n) is 12.5. The van der Waals surface area contributed by atoms with Crippen LogP contribution in [0.25, 0.3) is 0 Å². The average Bonchev–Trinajstić information content (AvgIpc) is 2.91. The fraction of sp³-hybridized carbons (Fsp3) is 0.562. The van der Waals surface area contributed by atoms with Gasteiger partial charge in [-0.15, -0.1) is 0 Å². The second kappa shape index (κ2) is 7.00. The average molecular weight is 295 g/mol. The predicted molar refractivity (Wildman–Crippen MR) is 77.7 cm³/mol. The molecule has 4 nitrogen and oxygen atoms in total. The molecule has 1 aromatic carbocycles. The number of benzene rings is 1. The lowest BCUT2D eigenvalue weighted by atomic mass is 9.98. The molecule has 0 saturated carbocycles. The Morgan fingerprint density at radius 3 is 2.67 bits per heavy atom. The predicted octanol–water partition coefficient (Wildman–Crippen LogP) is 2.18. The van der Waals surface area contributed by atoms with Crippen LogP contribution in [0.15, 0.2) is 24.3 Å². The van der Waals surface area contributed by atoms with E-state index in [1.807, 2.05) is 6.92 Å². The quantitative estimate of drug-likeness (QED) is 0.874. The molecule has 1 aromatic rings. The number of nitrogens with zero attached hydrogens (tertiary/aromatic N) is 1. The van der Waals surface area contributed by atoms with E-state index in [0.717, 1.165) is 18.5 Å². The number of rotatable bonds is 6. The Bertz CT molecular complexity index is 477. The Labute approximate surface area is 124 Å². The number of carboxylic acids is 1. The van der Waals surface area contributed by atoms with Gasteiger partial charge in [0.05, 0.1) is 19.1 Å². The molecular formula is C16H22FNO3. The number of carbonyl (C=O) groups is 1. The molecule has 5 heteroatoms. The number of carboxylic acid groups (broad SMARTS) is 1. The molecule has 0 amide bonds. The number of aliphatic carboxylic acids is 1. The van der Waals surface area contributed by atoms with Gasteiger partial charge in [-0.1, -0.05) is 19.1 Å². The maximum Gasteiger partial charge on any atom is 0.310 e. The van der Waals surface area contributed by atoms with E-state index in [-0.39, 0.29) is 24.5 Å². The summed E-state index contributed by atoms with van der Waals surface area (Å²) in [7, 11) is 0. The molecule has 2 rings (SSSR count). The highest BCUT2D eigenvalue weighted by Crippen LogP contribution is 2.23. The molecule has 1 N–H and O–H groups in total. The smallest absolute Gasteiger partial charge is 0.310 e. The van der Waals surface area contributed by atoms with Gasteiger partial charge < -0.3 is 9.84 Å². The molecule has 1 heterocycles. The molecule has 0 spiro atoms. The summed E-state index contributed by atoms with van der Waals surface area (Å²) < 4.78 is 18.3. The molecule has 21 heavy (non-hydrogen) atoms. The molecule has 0 bridgehead atoms. The van der Waals surface area contributed by atoms with Crippen molar-refractivity contribution >= 4 is 5.97 Å². The summed E-state index contributed by atoms with van der Waals surface area (Å²) in [5.41, 5.74) is 1.05. The third kappa shape index (κ3) is 3.80. The minimum Gasteiger partial charge on any atom is -0.481 e. The molecule has 0 radical (unpaired) electrons. The normalized spacial score (nSPS) is 23.4. The van der Waals surface area contributed by atoms with E-state index >= 15 is 0 Å². The van der Waals surface area contributed by atoms with E-state index in [1.165, 1.54) is 12.1 Å². The highest BCUT2D eigenvalue weighted by atomic mass is 19.1. The van der Waals surface area contributed by atoms with Crippen molar-refractivity contribution < 1.29 is 19.0 Å². The van der Waals surface area contributed by atoms with E-state index in [0.29, 0.717) is 6.61 Å². The van der Waals surface area contributed by atoms with Gasteiger partial charge in [-0.2, -0.15) is 0 Å². The lowest BCUT2D eigenvalue weighted by Gasteiger charge is -2.34. The van der Waals surface area contributed by atoms with Crippen LogP contribution in [0.4, 0.5) is 4.39 Å². The second-order valence-corrected chi connectivity index (χ2v) is 5.56. The second-order valence-electron chi connectivity index (χ2n) is 5.56. The van der Waals surface area contributed by atoms with Crippen LogP contribution in [-0.2, 0) is 16.0 Å². The minimum absolute atomic E-state index is 0.0945. The Balaban J connectivity index is 2.05. The molecule has 3 atom stereocenters. The van der Waals surface area contributed by atoms with Gasteiger partial charge in [0.25, 0.3) is 0 Å². The van der Waals surface area contributed by atoms with Gasteiger partial charge >= 0.3 is 5.97 Å². The van der Waals surface area contributed by atoms with Crippen molar-refractivity contribution in [2.75, 3.05) is 19.8 Å². The first-order valence-corrected chi connectivity index (χ1v) is 7.33. The van der Waals surface area contributed by atoms with E-state index in [9.17, 15) is 14.3 Å². The van der Waals surface area contributed by atoms with Crippen molar-refractivity contribution in [3.05, 3.63) is 35.6 Å². The van der Waals surface area contributed by atoms with Crippen molar-refractivity contribution in [1.29, 1.82) is 0 Å². The molecular weight excluding hydrogens is 273 g/mol. The summed E-state index contributed by atoms with van der Waals surface area (Å²) in [6, 6.07) is 6.55. The lowest BCUT2D eigenvalue weighted by Crippen LogP contribution is -2.48. The monoisotopic (exact) mass is 295 g/mol. The summed E-state index contributed by atoms with van der Waals surface area (Å²) >= 11 is 0. The topological polar surface area (TPSA) is 49.8 Å². The first-order valence-electron chi connectivity index (χ1n) is 7.33. The van der Waals surface area contributed by atoms with Crippen LogP contribution in [0.2, 0.25) is 0 Å². The molecule has 1 aliphatic rings. The standard InChI is InChI=1S/C16H22FNO3/c1-3-18(15-10-21-9-14(15)16(19)20)11(2)8-12-4-6-13(17)7-5-12/h4-7,11,14-15H,3,8-10H2,1-2H3,(H,19,20). The number of likely N-dealkylation sites (N-methyl/N-ethyl adjacent to an activating group) is 1. The van der Waals surface area contributed by atoms with Crippen LogP contribution in [0.3, 0.4) is 0 Å². The van der Waals surface area contributed by atoms with Crippen LogP contribution in [0, 0.1) is 11.7 Å². The maximum absolute atomic E-state index is 12.9. The molecule has 3 unspecified atom stereocenters. The van der Waals surface area contributed by atoms with E-state index in [2.05, 4.69) is 11.8 Å². The van der Waals surface area contributed by atoms with Crippen molar-refractivity contribution in [2.24, 2.45) is 5.92 Å². The largest absolute Gasteiger partial charge is 0.481 e. The van der Waals surface area contributed by atoms with Crippen molar-refractivity contribution in [3.63, 3.8) is 0 Å². The number of hydrogen-bond acceptors (Lipinski definition) is 3. The van der Waals surface area contributed by atoms with E-state index < -0.39 is 11.9 Å². The van der Waals surface area contributed by atoms with Crippen LogP contribution >= 0.6 is 0 Å². The first kappa shape index (κ1) is 15.9. The van der Waals surface area contributed by atoms with Crippen LogP contribution < -0.4 is 0 Å². The highest BCUT2D eigenvalue weighted by Gasteiger charge is 2.38. The third-order valence-electron chi connectivity index (χ3n) is 4.17. The summed E-state index contributed by atoms with van der Waals surface area (Å²) in [5.74, 6) is -1.51. The Kier molecular flexibility index (Phi) is 5.31. The Morgan fingerprint density at radius 1 is 1.43 bits per heavy atom. The van der Waals surface area contributed by atoms with Crippen LogP contribution in [0.5, 0.6) is 0 Å². The fourth-order valence-corrected chi connectivity index (χ4v) is 3.06. The van der Waals surface area contributed by atoms with Crippen LogP contribution in [-0.4, -0.2) is 47.8 Å². The number of ether oxygens (including phenoxy) is 1. The lowest BCUT2D eigenvalue weighted by molar-refractivity contribution is -0.143. The SMILES string of the molecule is CCN(C(C)Cc1ccc(F)cc1)C1COCC1C(=O)O. The summed E-state index contributed by atoms with van der Waals surface area (Å²) in [4.78, 5) is 13.5. The van der Waals surface area contributed by atoms with Gasteiger partial charge in [-0.25, -0.2) is 4.39 Å². The fourth-order valence-electron chi connectivity index (χ4n) is 3.06. The minimum atomic E-state index is -0.801. The van der Waals surface area contributed by atoms with Gasteiger partial charge in [0, 0.05) is 12.1 Å². The van der Waals surface area contributed by atoms with Gasteiger partial charge in [-0.3, -0.25) is 9.69 Å². The Hall–Kier alpha value is -1.46. The number of halogens is 1. The molecule has 1 aliphatic heterocycles. The zero-order valence-corrected chi connectivity index (χ0v) is 12.5. The van der Waals surface area contributed by atoms with Gasteiger partial charge in [0.2, 0.25) is 0 Å². The highest BCUT2D eigenvalue weighted by molar-refractivity contribution is 5.71.